The molecule has 0 radical (unpaired) electrons. The minimum atomic E-state index is 0.544. The zero-order valence-electron chi connectivity index (χ0n) is 18.1. The molecule has 3 rings (SSSR count). The number of hydrogen-bond donors (Lipinski definition) is 2. The van der Waals surface area contributed by atoms with Gasteiger partial charge in [-0.2, -0.15) is 0 Å². The third-order valence-electron chi connectivity index (χ3n) is 4.99. The van der Waals surface area contributed by atoms with Crippen LogP contribution in [0, 0.1) is 0 Å². The Morgan fingerprint density at radius 1 is 1.10 bits per heavy atom. The first kappa shape index (κ1) is 21.9. The van der Waals surface area contributed by atoms with Gasteiger partial charge in [-0.15, -0.1) is 0 Å². The highest BCUT2D eigenvalue weighted by molar-refractivity contribution is 5.79. The highest BCUT2D eigenvalue weighted by atomic mass is 16.5. The molecule has 7 nitrogen and oxygen atoms in total. The fraction of sp³-hybridized carbons (Fsp3) is 0.478. The van der Waals surface area contributed by atoms with Gasteiger partial charge in [0.05, 0.1) is 13.7 Å². The van der Waals surface area contributed by atoms with Crippen molar-refractivity contribution >= 4 is 5.96 Å². The topological polar surface area (TPSA) is 71.0 Å². The van der Waals surface area contributed by atoms with Crippen LogP contribution in [0.5, 0.6) is 17.4 Å². The largest absolute Gasteiger partial charge is 0.497 e. The summed E-state index contributed by atoms with van der Waals surface area (Å²) in [4.78, 5) is 11.6. The first-order valence-corrected chi connectivity index (χ1v) is 10.8. The van der Waals surface area contributed by atoms with Gasteiger partial charge in [0.25, 0.3) is 0 Å². The van der Waals surface area contributed by atoms with Crippen LogP contribution >= 0.6 is 0 Å². The SMILES string of the molecule is CCNC(=NCc1ccc(Oc2cccc(OC)c2)nc1)NCCN1CCCCC1. The molecule has 162 valence electrons. The molecule has 0 aliphatic carbocycles. The zero-order valence-corrected chi connectivity index (χ0v) is 18.1. The number of likely N-dealkylation sites (tertiary alicyclic amines) is 1. The lowest BCUT2D eigenvalue weighted by molar-refractivity contribution is 0.232. The van der Waals surface area contributed by atoms with E-state index in [0.29, 0.717) is 18.2 Å². The molecule has 0 saturated carbocycles. The van der Waals surface area contributed by atoms with Gasteiger partial charge in [-0.05, 0) is 50.6 Å². The van der Waals surface area contributed by atoms with Gasteiger partial charge in [-0.3, -0.25) is 0 Å². The van der Waals surface area contributed by atoms with E-state index >= 15 is 0 Å². The van der Waals surface area contributed by atoms with Gasteiger partial charge >= 0.3 is 0 Å². The third kappa shape index (κ3) is 7.22. The summed E-state index contributed by atoms with van der Waals surface area (Å²) in [5, 5.41) is 6.74. The standard InChI is InChI=1S/C23H33N5O2/c1-3-24-23(25-12-15-28-13-5-4-6-14-28)27-18-19-10-11-22(26-17-19)30-21-9-7-8-20(16-21)29-2/h7-11,16-17H,3-6,12-15,18H2,1-2H3,(H2,24,25,27). The monoisotopic (exact) mass is 411 g/mol. The lowest BCUT2D eigenvalue weighted by Crippen LogP contribution is -2.42. The van der Waals surface area contributed by atoms with Crippen LogP contribution in [0.25, 0.3) is 0 Å². The summed E-state index contributed by atoms with van der Waals surface area (Å²) in [6, 6.07) is 11.3. The van der Waals surface area contributed by atoms with Gasteiger partial charge in [-0.25, -0.2) is 9.98 Å². The summed E-state index contributed by atoms with van der Waals surface area (Å²) in [6.45, 7) is 7.86. The van der Waals surface area contributed by atoms with Crippen molar-refractivity contribution in [1.82, 2.24) is 20.5 Å². The van der Waals surface area contributed by atoms with E-state index in [1.54, 1.807) is 13.3 Å². The molecular weight excluding hydrogens is 378 g/mol. The molecule has 2 heterocycles. The molecule has 2 N–H and O–H groups in total. The Hall–Kier alpha value is -2.80. The Morgan fingerprint density at radius 2 is 1.93 bits per heavy atom. The van der Waals surface area contributed by atoms with Crippen LogP contribution in [-0.4, -0.2) is 55.7 Å². The van der Waals surface area contributed by atoms with Crippen LogP contribution in [0.2, 0.25) is 0 Å². The first-order chi connectivity index (χ1) is 14.8. The third-order valence-corrected chi connectivity index (χ3v) is 4.99. The minimum Gasteiger partial charge on any atom is -0.497 e. The first-order valence-electron chi connectivity index (χ1n) is 10.8. The number of piperidine rings is 1. The van der Waals surface area contributed by atoms with E-state index in [2.05, 4.69) is 32.4 Å². The van der Waals surface area contributed by atoms with Crippen LogP contribution in [0.1, 0.15) is 31.7 Å². The number of methoxy groups -OCH3 is 1. The van der Waals surface area contributed by atoms with Crippen LogP contribution < -0.4 is 20.1 Å². The molecule has 0 spiro atoms. The zero-order chi connectivity index (χ0) is 21.0. The lowest BCUT2D eigenvalue weighted by atomic mass is 10.1. The normalized spacial score (nSPS) is 14.9. The van der Waals surface area contributed by atoms with E-state index in [1.807, 2.05) is 36.4 Å². The Bertz CT molecular complexity index is 788. The van der Waals surface area contributed by atoms with Gasteiger partial charge in [0, 0.05) is 38.0 Å². The van der Waals surface area contributed by atoms with Gasteiger partial charge in [-0.1, -0.05) is 18.6 Å². The number of hydrogen-bond acceptors (Lipinski definition) is 5. The molecule has 0 unspecified atom stereocenters. The van der Waals surface area contributed by atoms with Crippen LogP contribution in [0.4, 0.5) is 0 Å². The van der Waals surface area contributed by atoms with E-state index in [0.717, 1.165) is 36.9 Å². The molecule has 7 heteroatoms. The molecule has 1 aliphatic rings. The Morgan fingerprint density at radius 3 is 2.67 bits per heavy atom. The van der Waals surface area contributed by atoms with Crippen molar-refractivity contribution in [2.45, 2.75) is 32.7 Å². The lowest BCUT2D eigenvalue weighted by Gasteiger charge is -2.26. The number of rotatable bonds is 9. The van der Waals surface area contributed by atoms with E-state index < -0.39 is 0 Å². The van der Waals surface area contributed by atoms with Crippen molar-refractivity contribution in [3.8, 4) is 17.4 Å². The van der Waals surface area contributed by atoms with Crippen molar-refractivity contribution < 1.29 is 9.47 Å². The molecule has 0 amide bonds. The molecule has 1 aliphatic heterocycles. The number of aliphatic imine (C=N–C) groups is 1. The summed E-state index contributed by atoms with van der Waals surface area (Å²) in [7, 11) is 1.64. The Balaban J connectivity index is 1.49. The molecule has 0 atom stereocenters. The maximum atomic E-state index is 5.79. The maximum absolute atomic E-state index is 5.79. The predicted molar refractivity (Wildman–Crippen MR) is 120 cm³/mol. The van der Waals surface area contributed by atoms with Crippen LogP contribution in [0.15, 0.2) is 47.6 Å². The summed E-state index contributed by atoms with van der Waals surface area (Å²) < 4.78 is 11.0. The minimum absolute atomic E-state index is 0.544. The maximum Gasteiger partial charge on any atom is 0.219 e. The van der Waals surface area contributed by atoms with Crippen molar-refractivity contribution in [1.29, 1.82) is 0 Å². The number of nitrogens with zero attached hydrogens (tertiary/aromatic N) is 3. The van der Waals surface area contributed by atoms with Crippen molar-refractivity contribution in [3.05, 3.63) is 48.2 Å². The summed E-state index contributed by atoms with van der Waals surface area (Å²) in [6.07, 6.45) is 5.80. The number of guanidine groups is 1. The van der Waals surface area contributed by atoms with E-state index in [-0.39, 0.29) is 0 Å². The fourth-order valence-corrected chi connectivity index (χ4v) is 3.38. The average Bonchev–Trinajstić information content (AvgIpc) is 2.79. The second-order valence-corrected chi connectivity index (χ2v) is 7.31. The van der Waals surface area contributed by atoms with E-state index in [4.69, 9.17) is 9.47 Å². The molecule has 1 aromatic heterocycles. The smallest absolute Gasteiger partial charge is 0.219 e. The van der Waals surface area contributed by atoms with Gasteiger partial charge in [0.1, 0.15) is 11.5 Å². The highest BCUT2D eigenvalue weighted by Crippen LogP contribution is 2.23. The second kappa shape index (κ2) is 12.0. The number of aromatic nitrogens is 1. The molecular formula is C23H33N5O2. The van der Waals surface area contributed by atoms with Gasteiger partial charge < -0.3 is 25.0 Å². The van der Waals surface area contributed by atoms with Crippen LogP contribution in [0.3, 0.4) is 0 Å². The molecule has 30 heavy (non-hydrogen) atoms. The van der Waals surface area contributed by atoms with E-state index in [9.17, 15) is 0 Å². The van der Waals surface area contributed by atoms with Crippen LogP contribution in [-0.2, 0) is 6.54 Å². The second-order valence-electron chi connectivity index (χ2n) is 7.31. The fourth-order valence-electron chi connectivity index (χ4n) is 3.38. The summed E-state index contributed by atoms with van der Waals surface area (Å²) >= 11 is 0. The summed E-state index contributed by atoms with van der Waals surface area (Å²) in [5.74, 6) is 2.83. The predicted octanol–water partition coefficient (Wildman–Crippen LogP) is 3.42. The van der Waals surface area contributed by atoms with Crippen molar-refractivity contribution in [2.75, 3.05) is 39.8 Å². The molecule has 1 saturated heterocycles. The molecule has 0 bridgehead atoms. The average molecular weight is 412 g/mol. The molecule has 1 fully saturated rings. The molecule has 1 aromatic carbocycles. The number of nitrogens with one attached hydrogen (secondary N) is 2. The quantitative estimate of drug-likeness (QED) is 0.487. The number of benzene rings is 1. The van der Waals surface area contributed by atoms with Gasteiger partial charge in [0.2, 0.25) is 5.88 Å². The highest BCUT2D eigenvalue weighted by Gasteiger charge is 2.09. The summed E-state index contributed by atoms with van der Waals surface area (Å²) in [5.41, 5.74) is 1.03. The Labute approximate surface area is 179 Å². The van der Waals surface area contributed by atoms with E-state index in [1.165, 1.54) is 32.4 Å². The molecule has 2 aromatic rings. The van der Waals surface area contributed by atoms with Gasteiger partial charge in [0.15, 0.2) is 5.96 Å². The van der Waals surface area contributed by atoms with Crippen molar-refractivity contribution in [3.63, 3.8) is 0 Å². The number of pyridine rings is 1. The Kier molecular flexibility index (Phi) is 8.78. The van der Waals surface area contributed by atoms with Crippen molar-refractivity contribution in [2.24, 2.45) is 4.99 Å². The number of ether oxygens (including phenoxy) is 2.